The largest absolute Gasteiger partial charge is 0.233 e. The molecule has 0 bridgehead atoms. The zero-order chi connectivity index (χ0) is 6.69. The molecule has 1 rings (SSSR count). The summed E-state index contributed by atoms with van der Waals surface area (Å²) in [5.41, 5.74) is 0. The third-order valence-electron chi connectivity index (χ3n) is 2.31. The Morgan fingerprint density at radius 3 is 2.11 bits per heavy atom. The molecule has 1 atom stereocenters. The van der Waals surface area contributed by atoms with Gasteiger partial charge in [0.15, 0.2) is 0 Å². The van der Waals surface area contributed by atoms with Crippen molar-refractivity contribution in [3.63, 3.8) is 0 Å². The second-order valence-electron chi connectivity index (χ2n) is 3.10. The first kappa shape index (κ1) is 7.07. The summed E-state index contributed by atoms with van der Waals surface area (Å²) in [6.07, 6.45) is 5.98. The van der Waals surface area contributed by atoms with E-state index in [2.05, 4.69) is 0 Å². The fraction of sp³-hybridized carbons (Fsp3) is 1.00. The maximum Gasteiger partial charge on any atom is 0.0930 e. The van der Waals surface area contributed by atoms with E-state index in [9.17, 15) is 5.11 Å². The molecule has 0 aromatic heterocycles. The summed E-state index contributed by atoms with van der Waals surface area (Å²) in [6, 6.07) is 0. The highest BCUT2D eigenvalue weighted by molar-refractivity contribution is 4.69. The summed E-state index contributed by atoms with van der Waals surface area (Å²) in [5, 5.41) is 10.9. The van der Waals surface area contributed by atoms with Gasteiger partial charge < -0.3 is 0 Å². The molecule has 1 heteroatoms. The van der Waals surface area contributed by atoms with Gasteiger partial charge in [-0.1, -0.05) is 19.3 Å². The zero-order valence-electron chi connectivity index (χ0n) is 6.10. The van der Waals surface area contributed by atoms with Gasteiger partial charge >= 0.3 is 0 Å². The third-order valence-corrected chi connectivity index (χ3v) is 2.31. The van der Waals surface area contributed by atoms with E-state index in [-0.39, 0.29) is 6.10 Å². The quantitative estimate of drug-likeness (QED) is 0.515. The topological polar surface area (TPSA) is 19.9 Å². The minimum atomic E-state index is -0.315. The normalized spacial score (nSPS) is 26.0. The Morgan fingerprint density at radius 1 is 1.22 bits per heavy atom. The van der Waals surface area contributed by atoms with Gasteiger partial charge in [0, 0.05) is 0 Å². The minimum absolute atomic E-state index is 0.315. The summed E-state index contributed by atoms with van der Waals surface area (Å²) >= 11 is 0. The number of hydrogen-bond donors (Lipinski definition) is 0. The lowest BCUT2D eigenvalue weighted by Gasteiger charge is -2.22. The minimum Gasteiger partial charge on any atom is -0.233 e. The molecule has 1 nitrogen and oxygen atoms in total. The van der Waals surface area contributed by atoms with Gasteiger partial charge in [-0.15, -0.1) is 0 Å². The van der Waals surface area contributed by atoms with Crippen molar-refractivity contribution in [1.82, 2.24) is 0 Å². The van der Waals surface area contributed by atoms with Gasteiger partial charge in [0.05, 0.1) is 6.10 Å². The first-order valence-electron chi connectivity index (χ1n) is 3.96. The Labute approximate surface area is 57.1 Å². The molecule has 0 N–H and O–H groups in total. The lowest BCUT2D eigenvalue weighted by molar-refractivity contribution is 0.0362. The van der Waals surface area contributed by atoms with Gasteiger partial charge in [-0.2, -0.15) is 0 Å². The van der Waals surface area contributed by atoms with Crippen LogP contribution >= 0.6 is 0 Å². The van der Waals surface area contributed by atoms with Crippen LogP contribution in [0.1, 0.15) is 39.0 Å². The Kier molecular flexibility index (Phi) is 2.52. The SMILES string of the molecule is CC([O])C1CCCCC1. The van der Waals surface area contributed by atoms with E-state index in [1.165, 1.54) is 32.1 Å². The molecule has 0 aromatic rings. The molecule has 0 aromatic carbocycles. The molecule has 1 aliphatic rings. The van der Waals surface area contributed by atoms with Crippen molar-refractivity contribution < 1.29 is 5.11 Å². The van der Waals surface area contributed by atoms with Gasteiger partial charge in [0.25, 0.3) is 0 Å². The van der Waals surface area contributed by atoms with Crippen LogP contribution in [0.4, 0.5) is 0 Å². The Morgan fingerprint density at radius 2 is 1.78 bits per heavy atom. The van der Waals surface area contributed by atoms with Crippen LogP contribution in [0.5, 0.6) is 0 Å². The predicted octanol–water partition coefficient (Wildman–Crippen LogP) is 2.39. The molecule has 0 spiro atoms. The van der Waals surface area contributed by atoms with Crippen molar-refractivity contribution in [2.24, 2.45) is 5.92 Å². The summed E-state index contributed by atoms with van der Waals surface area (Å²) in [7, 11) is 0. The molecule has 1 unspecified atom stereocenters. The first-order valence-corrected chi connectivity index (χ1v) is 3.96. The standard InChI is InChI=1S/C8H15O/c1-7(9)8-5-3-2-4-6-8/h7-8H,2-6H2,1H3. The van der Waals surface area contributed by atoms with Crippen molar-refractivity contribution in [2.45, 2.75) is 45.1 Å². The molecule has 0 amide bonds. The summed E-state index contributed by atoms with van der Waals surface area (Å²) in [5.74, 6) is 0.499. The van der Waals surface area contributed by atoms with Crippen LogP contribution in [-0.2, 0) is 5.11 Å². The smallest absolute Gasteiger partial charge is 0.0930 e. The lowest BCUT2D eigenvalue weighted by atomic mass is 9.86. The number of hydrogen-bond acceptors (Lipinski definition) is 0. The van der Waals surface area contributed by atoms with Crippen molar-refractivity contribution in [3.05, 3.63) is 0 Å². The van der Waals surface area contributed by atoms with E-state index >= 15 is 0 Å². The third kappa shape index (κ3) is 1.98. The van der Waals surface area contributed by atoms with E-state index in [1.807, 2.05) is 0 Å². The molecule has 0 aliphatic heterocycles. The Balaban J connectivity index is 2.23. The monoisotopic (exact) mass is 127 g/mol. The van der Waals surface area contributed by atoms with Crippen LogP contribution in [0.15, 0.2) is 0 Å². The molecule has 1 aliphatic carbocycles. The highest BCUT2D eigenvalue weighted by Crippen LogP contribution is 2.26. The van der Waals surface area contributed by atoms with Crippen LogP contribution < -0.4 is 0 Å². The Bertz CT molecular complexity index is 72.6. The predicted molar refractivity (Wildman–Crippen MR) is 36.7 cm³/mol. The van der Waals surface area contributed by atoms with Gasteiger partial charge in [0.2, 0.25) is 0 Å². The van der Waals surface area contributed by atoms with E-state index < -0.39 is 0 Å². The molecule has 1 saturated carbocycles. The van der Waals surface area contributed by atoms with Crippen LogP contribution in [0.2, 0.25) is 0 Å². The van der Waals surface area contributed by atoms with Crippen LogP contribution in [0.3, 0.4) is 0 Å². The highest BCUT2D eigenvalue weighted by Gasteiger charge is 2.18. The van der Waals surface area contributed by atoms with Gasteiger partial charge in [-0.25, -0.2) is 5.11 Å². The summed E-state index contributed by atoms with van der Waals surface area (Å²) in [4.78, 5) is 0. The van der Waals surface area contributed by atoms with Crippen molar-refractivity contribution in [2.75, 3.05) is 0 Å². The molecule has 0 saturated heterocycles. The molecular weight excluding hydrogens is 112 g/mol. The first-order chi connectivity index (χ1) is 4.30. The summed E-state index contributed by atoms with van der Waals surface area (Å²) in [6.45, 7) is 1.80. The molecule has 0 heterocycles. The average molecular weight is 127 g/mol. The van der Waals surface area contributed by atoms with Crippen LogP contribution in [-0.4, -0.2) is 6.10 Å². The van der Waals surface area contributed by atoms with Gasteiger partial charge in [-0.05, 0) is 25.7 Å². The molecule has 53 valence electrons. The van der Waals surface area contributed by atoms with E-state index in [0.29, 0.717) is 5.92 Å². The van der Waals surface area contributed by atoms with E-state index in [1.54, 1.807) is 6.92 Å². The maximum atomic E-state index is 10.9. The van der Waals surface area contributed by atoms with Crippen molar-refractivity contribution >= 4 is 0 Å². The highest BCUT2D eigenvalue weighted by atomic mass is 16.3. The lowest BCUT2D eigenvalue weighted by Crippen LogP contribution is -2.17. The fourth-order valence-electron chi connectivity index (χ4n) is 1.60. The number of rotatable bonds is 1. The van der Waals surface area contributed by atoms with Crippen LogP contribution in [0, 0.1) is 5.92 Å². The Hall–Kier alpha value is -0.0400. The average Bonchev–Trinajstić information content (AvgIpc) is 1.90. The second kappa shape index (κ2) is 3.21. The van der Waals surface area contributed by atoms with Crippen molar-refractivity contribution in [1.29, 1.82) is 0 Å². The van der Waals surface area contributed by atoms with Gasteiger partial charge in [0.1, 0.15) is 0 Å². The van der Waals surface area contributed by atoms with E-state index in [0.717, 1.165) is 0 Å². The molecule has 1 fully saturated rings. The fourth-order valence-corrected chi connectivity index (χ4v) is 1.60. The van der Waals surface area contributed by atoms with Crippen LogP contribution in [0.25, 0.3) is 0 Å². The molecular formula is C8H15O. The van der Waals surface area contributed by atoms with E-state index in [4.69, 9.17) is 0 Å². The second-order valence-corrected chi connectivity index (χ2v) is 3.10. The molecule has 1 radical (unpaired) electrons. The zero-order valence-corrected chi connectivity index (χ0v) is 6.10. The summed E-state index contributed by atoms with van der Waals surface area (Å²) < 4.78 is 0. The molecule has 9 heavy (non-hydrogen) atoms. The van der Waals surface area contributed by atoms with Crippen molar-refractivity contribution in [3.8, 4) is 0 Å². The maximum absolute atomic E-state index is 10.9. The van der Waals surface area contributed by atoms with Gasteiger partial charge in [-0.3, -0.25) is 0 Å².